The van der Waals surface area contributed by atoms with E-state index in [-0.39, 0.29) is 12.6 Å². The molecule has 0 amide bonds. The molecule has 3 heteroatoms. The van der Waals surface area contributed by atoms with Crippen LogP contribution in [0.15, 0.2) is 28.7 Å². The summed E-state index contributed by atoms with van der Waals surface area (Å²) in [6, 6.07) is 8.59. The van der Waals surface area contributed by atoms with Crippen molar-refractivity contribution in [2.75, 3.05) is 6.61 Å². The SMILES string of the molecule is N[C@@H]1C[C@H](CO)[C@@H](c2ccc(Br)cc2)C1. The first-order valence-electron chi connectivity index (χ1n) is 5.32. The van der Waals surface area contributed by atoms with E-state index in [4.69, 9.17) is 5.73 Å². The van der Waals surface area contributed by atoms with Crippen LogP contribution < -0.4 is 5.73 Å². The molecule has 3 N–H and O–H groups in total. The first-order valence-corrected chi connectivity index (χ1v) is 6.12. The normalized spacial score (nSPS) is 30.7. The Morgan fingerprint density at radius 1 is 1.27 bits per heavy atom. The molecule has 0 bridgehead atoms. The fourth-order valence-electron chi connectivity index (χ4n) is 2.49. The molecule has 82 valence electrons. The molecular weight excluding hydrogens is 254 g/mol. The number of hydrogen-bond donors (Lipinski definition) is 2. The van der Waals surface area contributed by atoms with Gasteiger partial charge in [0.15, 0.2) is 0 Å². The van der Waals surface area contributed by atoms with Crippen molar-refractivity contribution in [3.63, 3.8) is 0 Å². The molecule has 1 fully saturated rings. The Labute approximate surface area is 98.6 Å². The molecule has 0 spiro atoms. The van der Waals surface area contributed by atoms with E-state index in [0.29, 0.717) is 11.8 Å². The Morgan fingerprint density at radius 3 is 2.53 bits per heavy atom. The third kappa shape index (κ3) is 2.41. The van der Waals surface area contributed by atoms with E-state index in [9.17, 15) is 5.11 Å². The molecule has 0 radical (unpaired) electrons. The van der Waals surface area contributed by atoms with Crippen molar-refractivity contribution in [1.82, 2.24) is 0 Å². The third-order valence-electron chi connectivity index (χ3n) is 3.26. The van der Waals surface area contributed by atoms with Gasteiger partial charge in [-0.05, 0) is 42.4 Å². The van der Waals surface area contributed by atoms with Crippen LogP contribution in [0.4, 0.5) is 0 Å². The second-order valence-corrected chi connectivity index (χ2v) is 5.25. The van der Waals surface area contributed by atoms with Crippen LogP contribution in [0.2, 0.25) is 0 Å². The summed E-state index contributed by atoms with van der Waals surface area (Å²) in [4.78, 5) is 0. The molecule has 1 aliphatic carbocycles. The zero-order valence-electron chi connectivity index (χ0n) is 8.57. The van der Waals surface area contributed by atoms with E-state index < -0.39 is 0 Å². The molecule has 15 heavy (non-hydrogen) atoms. The van der Waals surface area contributed by atoms with Crippen molar-refractivity contribution in [3.05, 3.63) is 34.3 Å². The lowest BCUT2D eigenvalue weighted by atomic mass is 9.89. The highest BCUT2D eigenvalue weighted by molar-refractivity contribution is 9.10. The summed E-state index contributed by atoms with van der Waals surface area (Å²) in [7, 11) is 0. The van der Waals surface area contributed by atoms with Crippen molar-refractivity contribution in [2.45, 2.75) is 24.8 Å². The predicted octanol–water partition coefficient (Wildman–Crippen LogP) is 2.26. The lowest BCUT2D eigenvalue weighted by Gasteiger charge is -2.17. The summed E-state index contributed by atoms with van der Waals surface area (Å²) in [5, 5.41) is 9.31. The van der Waals surface area contributed by atoms with E-state index in [1.807, 2.05) is 12.1 Å². The molecule has 1 aromatic carbocycles. The van der Waals surface area contributed by atoms with Gasteiger partial charge in [-0.2, -0.15) is 0 Å². The number of aliphatic hydroxyl groups is 1. The van der Waals surface area contributed by atoms with Gasteiger partial charge in [0.1, 0.15) is 0 Å². The van der Waals surface area contributed by atoms with E-state index in [1.165, 1.54) is 5.56 Å². The summed E-state index contributed by atoms with van der Waals surface area (Å²) < 4.78 is 1.09. The van der Waals surface area contributed by atoms with Gasteiger partial charge in [-0.15, -0.1) is 0 Å². The Balaban J connectivity index is 2.19. The van der Waals surface area contributed by atoms with Crippen molar-refractivity contribution in [3.8, 4) is 0 Å². The van der Waals surface area contributed by atoms with Crippen LogP contribution in [0.3, 0.4) is 0 Å². The van der Waals surface area contributed by atoms with Crippen LogP contribution in [-0.4, -0.2) is 17.8 Å². The van der Waals surface area contributed by atoms with Crippen LogP contribution in [-0.2, 0) is 0 Å². The van der Waals surface area contributed by atoms with Gasteiger partial charge in [0, 0.05) is 17.1 Å². The number of halogens is 1. The second kappa shape index (κ2) is 4.64. The average Bonchev–Trinajstić information content (AvgIpc) is 2.61. The number of rotatable bonds is 2. The number of aliphatic hydroxyl groups excluding tert-OH is 1. The number of hydrogen-bond acceptors (Lipinski definition) is 2. The van der Waals surface area contributed by atoms with Crippen LogP contribution in [0.25, 0.3) is 0 Å². The lowest BCUT2D eigenvalue weighted by Crippen LogP contribution is -2.15. The first-order chi connectivity index (χ1) is 7.20. The topological polar surface area (TPSA) is 46.2 Å². The van der Waals surface area contributed by atoms with Gasteiger partial charge in [0.05, 0.1) is 0 Å². The van der Waals surface area contributed by atoms with Gasteiger partial charge in [0.25, 0.3) is 0 Å². The number of nitrogens with two attached hydrogens (primary N) is 1. The predicted molar refractivity (Wildman–Crippen MR) is 64.7 cm³/mol. The van der Waals surface area contributed by atoms with Crippen molar-refractivity contribution in [1.29, 1.82) is 0 Å². The molecule has 1 aromatic rings. The highest BCUT2D eigenvalue weighted by Gasteiger charge is 2.32. The molecular formula is C12H16BrNO. The molecule has 0 saturated heterocycles. The maximum atomic E-state index is 9.31. The molecule has 3 atom stereocenters. The molecule has 1 saturated carbocycles. The Hall–Kier alpha value is -0.380. The number of benzene rings is 1. The minimum atomic E-state index is 0.244. The van der Waals surface area contributed by atoms with Crippen molar-refractivity contribution < 1.29 is 5.11 Å². The fourth-order valence-corrected chi connectivity index (χ4v) is 2.75. The van der Waals surface area contributed by atoms with Gasteiger partial charge in [-0.3, -0.25) is 0 Å². The van der Waals surface area contributed by atoms with Gasteiger partial charge in [-0.1, -0.05) is 28.1 Å². The summed E-state index contributed by atoms with van der Waals surface area (Å²) in [5.41, 5.74) is 7.23. The minimum Gasteiger partial charge on any atom is -0.396 e. The molecule has 0 aromatic heterocycles. The Morgan fingerprint density at radius 2 is 1.93 bits per heavy atom. The minimum absolute atomic E-state index is 0.244. The van der Waals surface area contributed by atoms with E-state index in [1.54, 1.807) is 0 Å². The van der Waals surface area contributed by atoms with E-state index >= 15 is 0 Å². The third-order valence-corrected chi connectivity index (χ3v) is 3.79. The van der Waals surface area contributed by atoms with Crippen LogP contribution in [0, 0.1) is 5.92 Å². The lowest BCUT2D eigenvalue weighted by molar-refractivity contribution is 0.216. The second-order valence-electron chi connectivity index (χ2n) is 4.33. The first kappa shape index (κ1) is 11.1. The molecule has 0 heterocycles. The summed E-state index contributed by atoms with van der Waals surface area (Å²) in [6.45, 7) is 0.244. The summed E-state index contributed by atoms with van der Waals surface area (Å²) in [5.74, 6) is 0.763. The molecule has 0 unspecified atom stereocenters. The highest BCUT2D eigenvalue weighted by atomic mass is 79.9. The van der Waals surface area contributed by atoms with Gasteiger partial charge >= 0.3 is 0 Å². The summed E-state index contributed by atoms with van der Waals surface area (Å²) >= 11 is 3.42. The fraction of sp³-hybridized carbons (Fsp3) is 0.500. The zero-order chi connectivity index (χ0) is 10.8. The molecule has 0 aliphatic heterocycles. The quantitative estimate of drug-likeness (QED) is 0.866. The van der Waals surface area contributed by atoms with E-state index in [0.717, 1.165) is 17.3 Å². The largest absolute Gasteiger partial charge is 0.396 e. The maximum absolute atomic E-state index is 9.31. The smallest absolute Gasteiger partial charge is 0.0465 e. The van der Waals surface area contributed by atoms with Crippen LogP contribution >= 0.6 is 15.9 Å². The van der Waals surface area contributed by atoms with Gasteiger partial charge < -0.3 is 10.8 Å². The maximum Gasteiger partial charge on any atom is 0.0465 e. The standard InChI is InChI=1S/C12H16BrNO/c13-10-3-1-8(2-4-10)12-6-11(14)5-9(12)7-15/h1-4,9,11-12,15H,5-7,14H2/t9-,11-,12-/m1/s1. The zero-order valence-corrected chi connectivity index (χ0v) is 10.2. The van der Waals surface area contributed by atoms with Crippen LogP contribution in [0.1, 0.15) is 24.3 Å². The average molecular weight is 270 g/mol. The monoisotopic (exact) mass is 269 g/mol. The van der Waals surface area contributed by atoms with Crippen molar-refractivity contribution >= 4 is 15.9 Å². The highest BCUT2D eigenvalue weighted by Crippen LogP contribution is 2.38. The van der Waals surface area contributed by atoms with Gasteiger partial charge in [-0.25, -0.2) is 0 Å². The van der Waals surface area contributed by atoms with E-state index in [2.05, 4.69) is 28.1 Å². The molecule has 2 rings (SSSR count). The Kier molecular flexibility index (Phi) is 3.44. The summed E-state index contributed by atoms with van der Waals surface area (Å²) in [6.07, 6.45) is 1.93. The molecule has 2 nitrogen and oxygen atoms in total. The Bertz CT molecular complexity index is 325. The van der Waals surface area contributed by atoms with Crippen molar-refractivity contribution in [2.24, 2.45) is 11.7 Å². The van der Waals surface area contributed by atoms with Crippen LogP contribution in [0.5, 0.6) is 0 Å². The van der Waals surface area contributed by atoms with Gasteiger partial charge in [0.2, 0.25) is 0 Å². The molecule has 1 aliphatic rings.